The van der Waals surface area contributed by atoms with E-state index in [-0.39, 0.29) is 0 Å². The van der Waals surface area contributed by atoms with E-state index in [0.29, 0.717) is 5.92 Å². The first-order valence-corrected chi connectivity index (χ1v) is 5.00. The highest BCUT2D eigenvalue weighted by Gasteiger charge is 2.16. The number of nitrogens with zero attached hydrogens (tertiary/aromatic N) is 3. The third kappa shape index (κ3) is 1.85. The van der Waals surface area contributed by atoms with Gasteiger partial charge in [-0.2, -0.15) is 5.10 Å². The van der Waals surface area contributed by atoms with Gasteiger partial charge in [0.15, 0.2) is 0 Å². The van der Waals surface area contributed by atoms with Crippen molar-refractivity contribution in [1.29, 1.82) is 0 Å². The van der Waals surface area contributed by atoms with Crippen molar-refractivity contribution >= 4 is 6.08 Å². The summed E-state index contributed by atoms with van der Waals surface area (Å²) in [5.74, 6) is 1.61. The Morgan fingerprint density at radius 3 is 3.14 bits per heavy atom. The summed E-state index contributed by atoms with van der Waals surface area (Å²) in [4.78, 5) is 4.18. The minimum atomic E-state index is 0.673. The van der Waals surface area contributed by atoms with E-state index in [2.05, 4.69) is 28.4 Å². The zero-order valence-corrected chi connectivity index (χ0v) is 8.70. The first kappa shape index (κ1) is 9.40. The molecule has 0 aliphatic carbocycles. The SMILES string of the molecule is C/C(=C/c1ncnn1C)C1CCNC1. The van der Waals surface area contributed by atoms with Gasteiger partial charge in [0.1, 0.15) is 12.2 Å². The summed E-state index contributed by atoms with van der Waals surface area (Å²) >= 11 is 0. The second-order valence-electron chi connectivity index (χ2n) is 3.82. The van der Waals surface area contributed by atoms with Crippen molar-refractivity contribution in [3.63, 3.8) is 0 Å². The molecule has 0 bridgehead atoms. The lowest BCUT2D eigenvalue weighted by atomic mass is 9.99. The first-order valence-electron chi connectivity index (χ1n) is 5.00. The van der Waals surface area contributed by atoms with E-state index in [1.165, 1.54) is 12.0 Å². The van der Waals surface area contributed by atoms with Crippen LogP contribution in [0, 0.1) is 5.92 Å². The monoisotopic (exact) mass is 192 g/mol. The zero-order chi connectivity index (χ0) is 9.97. The molecule has 76 valence electrons. The second-order valence-corrected chi connectivity index (χ2v) is 3.82. The van der Waals surface area contributed by atoms with Crippen LogP contribution in [-0.2, 0) is 7.05 Å². The number of aromatic nitrogens is 3. The molecule has 1 unspecified atom stereocenters. The number of nitrogens with one attached hydrogen (secondary N) is 1. The lowest BCUT2D eigenvalue weighted by molar-refractivity contribution is 0.683. The van der Waals surface area contributed by atoms with Crippen LogP contribution in [0.4, 0.5) is 0 Å². The fraction of sp³-hybridized carbons (Fsp3) is 0.600. The molecule has 1 aliphatic heterocycles. The predicted molar refractivity (Wildman–Crippen MR) is 55.6 cm³/mol. The minimum absolute atomic E-state index is 0.673. The average molecular weight is 192 g/mol. The fourth-order valence-electron chi connectivity index (χ4n) is 1.80. The largest absolute Gasteiger partial charge is 0.316 e. The molecule has 0 spiro atoms. The van der Waals surface area contributed by atoms with Crippen LogP contribution in [0.25, 0.3) is 6.08 Å². The summed E-state index contributed by atoms with van der Waals surface area (Å²) in [5, 5.41) is 7.41. The molecule has 0 saturated carbocycles. The van der Waals surface area contributed by atoms with E-state index in [1.807, 2.05) is 7.05 Å². The van der Waals surface area contributed by atoms with Gasteiger partial charge in [-0.3, -0.25) is 0 Å². The van der Waals surface area contributed by atoms with Gasteiger partial charge in [-0.05, 0) is 31.9 Å². The van der Waals surface area contributed by atoms with Gasteiger partial charge in [0.05, 0.1) is 0 Å². The fourth-order valence-corrected chi connectivity index (χ4v) is 1.80. The second kappa shape index (κ2) is 3.92. The van der Waals surface area contributed by atoms with Crippen molar-refractivity contribution in [2.75, 3.05) is 13.1 Å². The molecule has 0 amide bonds. The lowest BCUT2D eigenvalue weighted by Crippen LogP contribution is -2.09. The topological polar surface area (TPSA) is 42.7 Å². The van der Waals surface area contributed by atoms with Crippen LogP contribution < -0.4 is 5.32 Å². The van der Waals surface area contributed by atoms with Gasteiger partial charge in [-0.15, -0.1) is 0 Å². The van der Waals surface area contributed by atoms with Gasteiger partial charge in [-0.25, -0.2) is 9.67 Å². The van der Waals surface area contributed by atoms with E-state index in [0.717, 1.165) is 18.9 Å². The summed E-state index contributed by atoms with van der Waals surface area (Å²) in [7, 11) is 1.92. The maximum Gasteiger partial charge on any atom is 0.150 e. The lowest BCUT2D eigenvalue weighted by Gasteiger charge is -2.07. The summed E-state index contributed by atoms with van der Waals surface area (Å²) in [6.45, 7) is 4.40. The van der Waals surface area contributed by atoms with Gasteiger partial charge >= 0.3 is 0 Å². The number of hydrogen-bond acceptors (Lipinski definition) is 3. The molecule has 1 atom stereocenters. The van der Waals surface area contributed by atoms with Crippen molar-refractivity contribution < 1.29 is 0 Å². The molecule has 2 rings (SSSR count). The Bertz CT molecular complexity index is 334. The highest BCUT2D eigenvalue weighted by atomic mass is 15.3. The maximum absolute atomic E-state index is 4.18. The summed E-state index contributed by atoms with van der Waals surface area (Å²) in [5.41, 5.74) is 1.39. The molecular weight excluding hydrogens is 176 g/mol. The Labute approximate surface area is 84.0 Å². The standard InChI is InChI=1S/C10H16N4/c1-8(9-3-4-11-6-9)5-10-12-7-13-14(10)2/h5,7,9,11H,3-4,6H2,1-2H3/b8-5-. The molecule has 1 aromatic rings. The molecule has 2 heterocycles. The first-order chi connectivity index (χ1) is 6.77. The predicted octanol–water partition coefficient (Wildman–Crippen LogP) is 0.828. The van der Waals surface area contributed by atoms with Gasteiger partial charge in [0.25, 0.3) is 0 Å². The van der Waals surface area contributed by atoms with Gasteiger partial charge in [-0.1, -0.05) is 5.57 Å². The Kier molecular flexibility index (Phi) is 2.63. The van der Waals surface area contributed by atoms with Crippen LogP contribution in [0.2, 0.25) is 0 Å². The normalized spacial score (nSPS) is 23.0. The maximum atomic E-state index is 4.18. The molecule has 4 nitrogen and oxygen atoms in total. The number of rotatable bonds is 2. The third-order valence-electron chi connectivity index (χ3n) is 2.81. The molecular formula is C10H16N4. The van der Waals surface area contributed by atoms with Crippen LogP contribution >= 0.6 is 0 Å². The van der Waals surface area contributed by atoms with E-state index in [9.17, 15) is 0 Å². The summed E-state index contributed by atoms with van der Waals surface area (Å²) in [6.07, 6.45) is 4.96. The highest BCUT2D eigenvalue weighted by Crippen LogP contribution is 2.19. The zero-order valence-electron chi connectivity index (χ0n) is 8.70. The van der Waals surface area contributed by atoms with Gasteiger partial charge < -0.3 is 5.32 Å². The van der Waals surface area contributed by atoms with Crippen molar-refractivity contribution in [3.8, 4) is 0 Å². The van der Waals surface area contributed by atoms with Gasteiger partial charge in [0.2, 0.25) is 0 Å². The Hall–Kier alpha value is -1.16. The van der Waals surface area contributed by atoms with Crippen LogP contribution in [-0.4, -0.2) is 27.9 Å². The molecule has 4 heteroatoms. The number of aryl methyl sites for hydroxylation is 1. The smallest absolute Gasteiger partial charge is 0.150 e. The quantitative estimate of drug-likeness (QED) is 0.754. The van der Waals surface area contributed by atoms with E-state index >= 15 is 0 Å². The third-order valence-corrected chi connectivity index (χ3v) is 2.81. The van der Waals surface area contributed by atoms with Crippen LogP contribution in [0.5, 0.6) is 0 Å². The van der Waals surface area contributed by atoms with Crippen LogP contribution in [0.3, 0.4) is 0 Å². The van der Waals surface area contributed by atoms with Crippen LogP contribution in [0.1, 0.15) is 19.2 Å². The molecule has 1 aliphatic rings. The molecule has 14 heavy (non-hydrogen) atoms. The molecule has 1 aromatic heterocycles. The minimum Gasteiger partial charge on any atom is -0.316 e. The van der Waals surface area contributed by atoms with E-state index in [4.69, 9.17) is 0 Å². The highest BCUT2D eigenvalue weighted by molar-refractivity contribution is 5.45. The Morgan fingerprint density at radius 2 is 2.57 bits per heavy atom. The average Bonchev–Trinajstić information content (AvgIpc) is 2.77. The van der Waals surface area contributed by atoms with Crippen molar-refractivity contribution in [3.05, 3.63) is 17.7 Å². The van der Waals surface area contributed by atoms with Crippen LogP contribution in [0.15, 0.2) is 11.9 Å². The van der Waals surface area contributed by atoms with Crippen molar-refractivity contribution in [1.82, 2.24) is 20.1 Å². The Morgan fingerprint density at radius 1 is 1.71 bits per heavy atom. The number of hydrogen-bond donors (Lipinski definition) is 1. The Balaban J connectivity index is 2.13. The van der Waals surface area contributed by atoms with Gasteiger partial charge in [0, 0.05) is 13.6 Å². The molecule has 0 radical (unpaired) electrons. The summed E-state index contributed by atoms with van der Waals surface area (Å²) in [6, 6.07) is 0. The molecule has 1 N–H and O–H groups in total. The molecule has 0 aromatic carbocycles. The van der Waals surface area contributed by atoms with E-state index in [1.54, 1.807) is 11.0 Å². The van der Waals surface area contributed by atoms with Crippen molar-refractivity contribution in [2.24, 2.45) is 13.0 Å². The summed E-state index contributed by atoms with van der Waals surface area (Å²) < 4.78 is 1.80. The molecule has 1 fully saturated rings. The van der Waals surface area contributed by atoms with Crippen molar-refractivity contribution in [2.45, 2.75) is 13.3 Å². The molecule has 1 saturated heterocycles. The van der Waals surface area contributed by atoms with E-state index < -0.39 is 0 Å².